The van der Waals surface area contributed by atoms with Gasteiger partial charge in [0.2, 0.25) is 10.0 Å². The number of methoxy groups -OCH3 is 1. The molecule has 0 bridgehead atoms. The SMILES string of the molecule is COCCS(=O)(=O)Nc1ccc2c(c1)N(C(=O)c1cccnc1)CCC2. The Morgan fingerprint density at radius 2 is 2.19 bits per heavy atom. The number of amides is 1. The highest BCUT2D eigenvalue weighted by molar-refractivity contribution is 7.92. The number of hydrogen-bond acceptors (Lipinski definition) is 5. The lowest BCUT2D eigenvalue weighted by atomic mass is 10.0. The minimum atomic E-state index is -3.50. The number of sulfonamides is 1. The fourth-order valence-corrected chi connectivity index (χ4v) is 3.89. The fraction of sp³-hybridized carbons (Fsp3) is 0.333. The van der Waals surface area contributed by atoms with E-state index in [0.29, 0.717) is 17.8 Å². The van der Waals surface area contributed by atoms with Crippen LogP contribution in [0.1, 0.15) is 22.3 Å². The summed E-state index contributed by atoms with van der Waals surface area (Å²) in [7, 11) is -2.05. The molecule has 0 spiro atoms. The Hall–Kier alpha value is -2.45. The minimum absolute atomic E-state index is 0.117. The maximum absolute atomic E-state index is 12.8. The Balaban J connectivity index is 1.87. The average Bonchev–Trinajstić information content (AvgIpc) is 2.66. The molecule has 0 unspecified atom stereocenters. The molecule has 0 radical (unpaired) electrons. The van der Waals surface area contributed by atoms with Crippen LogP contribution in [-0.2, 0) is 21.2 Å². The molecule has 26 heavy (non-hydrogen) atoms. The molecule has 0 fully saturated rings. The van der Waals surface area contributed by atoms with E-state index in [1.807, 2.05) is 6.07 Å². The van der Waals surface area contributed by atoms with Crippen LogP contribution in [0.15, 0.2) is 42.7 Å². The van der Waals surface area contributed by atoms with Crippen LogP contribution in [0.5, 0.6) is 0 Å². The molecule has 1 aromatic heterocycles. The summed E-state index contributed by atoms with van der Waals surface area (Å²) < 4.78 is 31.5. The van der Waals surface area contributed by atoms with E-state index in [9.17, 15) is 13.2 Å². The van der Waals surface area contributed by atoms with Crippen molar-refractivity contribution in [3.63, 3.8) is 0 Å². The molecule has 1 aliphatic heterocycles. The van der Waals surface area contributed by atoms with Crippen LogP contribution in [0.3, 0.4) is 0 Å². The van der Waals surface area contributed by atoms with Crippen molar-refractivity contribution < 1.29 is 17.9 Å². The monoisotopic (exact) mass is 375 g/mol. The second kappa shape index (κ2) is 7.84. The van der Waals surface area contributed by atoms with Crippen molar-refractivity contribution in [1.29, 1.82) is 0 Å². The Morgan fingerprint density at radius 3 is 2.92 bits per heavy atom. The van der Waals surface area contributed by atoms with Crippen LogP contribution >= 0.6 is 0 Å². The van der Waals surface area contributed by atoms with Gasteiger partial charge >= 0.3 is 0 Å². The summed E-state index contributed by atoms with van der Waals surface area (Å²) in [4.78, 5) is 18.5. The number of fused-ring (bicyclic) bond motifs is 1. The van der Waals surface area contributed by atoms with E-state index >= 15 is 0 Å². The Bertz CT molecular complexity index is 885. The number of aryl methyl sites for hydroxylation is 1. The maximum Gasteiger partial charge on any atom is 0.259 e. The van der Waals surface area contributed by atoms with Crippen molar-refractivity contribution in [2.75, 3.05) is 35.6 Å². The first-order valence-corrected chi connectivity index (χ1v) is 9.99. The van der Waals surface area contributed by atoms with E-state index in [0.717, 1.165) is 24.1 Å². The Kier molecular flexibility index (Phi) is 5.53. The molecule has 138 valence electrons. The van der Waals surface area contributed by atoms with Gasteiger partial charge in [-0.15, -0.1) is 0 Å². The van der Waals surface area contributed by atoms with Gasteiger partial charge in [0.25, 0.3) is 5.91 Å². The number of anilines is 2. The van der Waals surface area contributed by atoms with Gasteiger partial charge in [-0.3, -0.25) is 14.5 Å². The normalized spacial score (nSPS) is 14.0. The third kappa shape index (κ3) is 4.20. The molecule has 3 rings (SSSR count). The molecule has 2 aromatic rings. The second-order valence-corrected chi connectivity index (χ2v) is 7.90. The highest BCUT2D eigenvalue weighted by Crippen LogP contribution is 2.31. The smallest absolute Gasteiger partial charge is 0.259 e. The zero-order valence-electron chi connectivity index (χ0n) is 14.5. The molecule has 0 saturated carbocycles. The number of carbonyl (C=O) groups is 1. The molecule has 0 atom stereocenters. The highest BCUT2D eigenvalue weighted by atomic mass is 32.2. The molecule has 0 saturated heterocycles. The molecular weight excluding hydrogens is 354 g/mol. The van der Waals surface area contributed by atoms with Crippen molar-refractivity contribution >= 4 is 27.3 Å². The van der Waals surface area contributed by atoms with Crippen molar-refractivity contribution in [3.8, 4) is 0 Å². The second-order valence-electron chi connectivity index (χ2n) is 6.06. The van der Waals surface area contributed by atoms with Gasteiger partial charge in [-0.1, -0.05) is 6.07 Å². The summed E-state index contributed by atoms with van der Waals surface area (Å²) >= 11 is 0. The van der Waals surface area contributed by atoms with Crippen LogP contribution in [0.4, 0.5) is 11.4 Å². The molecule has 7 nitrogen and oxygen atoms in total. The summed E-state index contributed by atoms with van der Waals surface area (Å²) in [6.07, 6.45) is 4.86. The van der Waals surface area contributed by atoms with Gasteiger partial charge in [-0.05, 0) is 42.7 Å². The lowest BCUT2D eigenvalue weighted by Gasteiger charge is -2.30. The predicted octanol–water partition coefficient (Wildman–Crippen LogP) is 2.06. The van der Waals surface area contributed by atoms with E-state index in [1.54, 1.807) is 35.4 Å². The van der Waals surface area contributed by atoms with Gasteiger partial charge < -0.3 is 9.64 Å². The number of nitrogens with one attached hydrogen (secondary N) is 1. The number of aromatic nitrogens is 1. The maximum atomic E-state index is 12.8. The van der Waals surface area contributed by atoms with E-state index < -0.39 is 10.0 Å². The number of benzene rings is 1. The number of rotatable bonds is 6. The standard InChI is InChI=1S/C18H21N3O4S/c1-25-10-11-26(23,24)20-16-7-6-14-5-3-9-21(17(14)12-16)18(22)15-4-2-8-19-13-15/h2,4,6-8,12-13,20H,3,5,9-11H2,1H3. The Morgan fingerprint density at radius 1 is 1.35 bits per heavy atom. The summed E-state index contributed by atoms with van der Waals surface area (Å²) in [5, 5.41) is 0. The lowest BCUT2D eigenvalue weighted by Crippen LogP contribution is -2.35. The van der Waals surface area contributed by atoms with Gasteiger partial charge in [-0.25, -0.2) is 8.42 Å². The number of ether oxygens (including phenoxy) is 1. The number of pyridine rings is 1. The van der Waals surface area contributed by atoms with Crippen molar-refractivity contribution in [2.24, 2.45) is 0 Å². The van der Waals surface area contributed by atoms with Crippen LogP contribution in [-0.4, -0.2) is 45.3 Å². The van der Waals surface area contributed by atoms with Crippen LogP contribution in [0.2, 0.25) is 0 Å². The molecule has 1 amide bonds. The highest BCUT2D eigenvalue weighted by Gasteiger charge is 2.24. The molecule has 1 N–H and O–H groups in total. The van der Waals surface area contributed by atoms with E-state index in [2.05, 4.69) is 9.71 Å². The Labute approximate surface area is 153 Å². The van der Waals surface area contributed by atoms with Crippen LogP contribution < -0.4 is 9.62 Å². The summed E-state index contributed by atoms with van der Waals surface area (Å²) in [5.41, 5.74) is 2.70. The number of carbonyl (C=O) groups excluding carboxylic acids is 1. The van der Waals surface area contributed by atoms with Gasteiger partial charge in [0.05, 0.1) is 23.6 Å². The molecule has 1 aliphatic rings. The van der Waals surface area contributed by atoms with Gasteiger partial charge in [0, 0.05) is 31.7 Å². The predicted molar refractivity (Wildman–Crippen MR) is 100.0 cm³/mol. The van der Waals surface area contributed by atoms with Crippen LogP contribution in [0.25, 0.3) is 0 Å². The summed E-state index contributed by atoms with van der Waals surface area (Å²) in [6.45, 7) is 0.701. The first-order chi connectivity index (χ1) is 12.5. The topological polar surface area (TPSA) is 88.6 Å². The zero-order chi connectivity index (χ0) is 18.6. The van der Waals surface area contributed by atoms with Crippen molar-refractivity contribution in [3.05, 3.63) is 53.9 Å². The van der Waals surface area contributed by atoms with Crippen molar-refractivity contribution in [2.45, 2.75) is 12.8 Å². The van der Waals surface area contributed by atoms with Crippen molar-refractivity contribution in [1.82, 2.24) is 4.98 Å². The largest absolute Gasteiger partial charge is 0.384 e. The number of nitrogens with zero attached hydrogens (tertiary/aromatic N) is 2. The summed E-state index contributed by atoms with van der Waals surface area (Å²) in [5.74, 6) is -0.266. The molecule has 1 aromatic carbocycles. The van der Waals surface area contributed by atoms with E-state index in [1.165, 1.54) is 13.3 Å². The van der Waals surface area contributed by atoms with Gasteiger partial charge in [0.1, 0.15) is 0 Å². The molecule has 8 heteroatoms. The van der Waals surface area contributed by atoms with E-state index in [4.69, 9.17) is 4.74 Å². The zero-order valence-corrected chi connectivity index (χ0v) is 15.3. The van der Waals surface area contributed by atoms with Crippen LogP contribution in [0, 0.1) is 0 Å². The minimum Gasteiger partial charge on any atom is -0.384 e. The lowest BCUT2D eigenvalue weighted by molar-refractivity contribution is 0.0985. The van der Waals surface area contributed by atoms with E-state index in [-0.39, 0.29) is 18.3 Å². The average molecular weight is 375 g/mol. The van der Waals surface area contributed by atoms with Gasteiger partial charge in [-0.2, -0.15) is 0 Å². The molecule has 2 heterocycles. The number of hydrogen-bond donors (Lipinski definition) is 1. The summed E-state index contributed by atoms with van der Waals surface area (Å²) in [6, 6.07) is 8.75. The first-order valence-electron chi connectivity index (χ1n) is 8.34. The third-order valence-corrected chi connectivity index (χ3v) is 5.44. The molecular formula is C18H21N3O4S. The quantitative estimate of drug-likeness (QED) is 0.835. The molecule has 0 aliphatic carbocycles. The fourth-order valence-electron chi connectivity index (χ4n) is 2.92. The first kappa shape index (κ1) is 18.3. The third-order valence-electron chi connectivity index (χ3n) is 4.19. The van der Waals surface area contributed by atoms with Gasteiger partial charge in [0.15, 0.2) is 0 Å².